The van der Waals surface area contributed by atoms with E-state index in [-0.39, 0.29) is 5.91 Å². The van der Waals surface area contributed by atoms with Crippen molar-refractivity contribution in [2.24, 2.45) is 0 Å². The average molecular weight is 498 g/mol. The van der Waals surface area contributed by atoms with E-state index < -0.39 is 11.7 Å². The molecule has 0 spiro atoms. The van der Waals surface area contributed by atoms with Gasteiger partial charge in [-0.2, -0.15) is 0 Å². The number of aliphatic hydroxyl groups is 1. The van der Waals surface area contributed by atoms with E-state index >= 15 is 0 Å². The second kappa shape index (κ2) is 13.7. The first-order chi connectivity index (χ1) is 17.0. The van der Waals surface area contributed by atoms with E-state index in [0.717, 1.165) is 31.2 Å². The summed E-state index contributed by atoms with van der Waals surface area (Å²) in [6.07, 6.45) is 11.4. The van der Waals surface area contributed by atoms with Gasteiger partial charge >= 0.3 is 0 Å². The summed E-state index contributed by atoms with van der Waals surface area (Å²) in [6, 6.07) is 3.57. The van der Waals surface area contributed by atoms with Crippen LogP contribution >= 0.6 is 0 Å². The third kappa shape index (κ3) is 7.99. The second-order valence-corrected chi connectivity index (χ2v) is 10.4. The Bertz CT molecular complexity index is 983. The minimum absolute atomic E-state index is 0.0440. The molecular formula is C31H47NO4. The summed E-state index contributed by atoms with van der Waals surface area (Å²) in [5.74, 6) is 1.17. The molecule has 0 bridgehead atoms. The lowest BCUT2D eigenvalue weighted by molar-refractivity contribution is -0.0527. The fourth-order valence-corrected chi connectivity index (χ4v) is 4.53. The topological polar surface area (TPSA) is 59.0 Å². The summed E-state index contributed by atoms with van der Waals surface area (Å²) in [5, 5.41) is 11.0. The minimum Gasteiger partial charge on any atom is -0.496 e. The molecule has 0 fully saturated rings. The quantitative estimate of drug-likeness (QED) is 0.315. The van der Waals surface area contributed by atoms with E-state index in [0.29, 0.717) is 43.0 Å². The molecule has 1 heterocycles. The Hall–Kier alpha value is -2.53. The van der Waals surface area contributed by atoms with E-state index in [9.17, 15) is 9.90 Å². The van der Waals surface area contributed by atoms with E-state index in [4.69, 9.17) is 9.47 Å². The predicted octanol–water partition coefficient (Wildman–Crippen LogP) is 7.04. The summed E-state index contributed by atoms with van der Waals surface area (Å²) >= 11 is 0. The van der Waals surface area contributed by atoms with Gasteiger partial charge in [-0.15, -0.1) is 0 Å². The number of hydrogen-bond donors (Lipinski definition) is 1. The Balaban J connectivity index is 2.12. The van der Waals surface area contributed by atoms with E-state index in [1.807, 2.05) is 26.8 Å². The van der Waals surface area contributed by atoms with Gasteiger partial charge in [0.2, 0.25) is 0 Å². The minimum atomic E-state index is -0.772. The van der Waals surface area contributed by atoms with E-state index in [1.165, 1.54) is 16.7 Å². The van der Waals surface area contributed by atoms with Gasteiger partial charge in [-0.05, 0) is 86.3 Å². The molecule has 0 aromatic heterocycles. The Morgan fingerprint density at radius 3 is 2.28 bits per heavy atom. The van der Waals surface area contributed by atoms with Crippen LogP contribution in [0.15, 0.2) is 47.1 Å². The first-order valence-corrected chi connectivity index (χ1v) is 13.4. The highest BCUT2D eigenvalue weighted by molar-refractivity contribution is 5.95. The Kier molecular flexibility index (Phi) is 11.3. The van der Waals surface area contributed by atoms with Crippen LogP contribution in [0.5, 0.6) is 11.5 Å². The van der Waals surface area contributed by atoms with Gasteiger partial charge in [0.25, 0.3) is 5.91 Å². The number of rotatable bonds is 12. The number of benzene rings is 1. The number of hydrogen-bond acceptors (Lipinski definition) is 4. The molecule has 2 rings (SSSR count). The average Bonchev–Trinajstić information content (AvgIpc) is 2.83. The number of methoxy groups -OCH3 is 1. The Morgan fingerprint density at radius 2 is 1.69 bits per heavy atom. The number of allylic oxidation sites excluding steroid dienone is 5. The molecule has 0 aliphatic carbocycles. The van der Waals surface area contributed by atoms with Gasteiger partial charge in [-0.1, -0.05) is 34.9 Å². The molecule has 200 valence electrons. The van der Waals surface area contributed by atoms with Crippen molar-refractivity contribution in [3.8, 4) is 11.5 Å². The van der Waals surface area contributed by atoms with Gasteiger partial charge < -0.3 is 19.5 Å². The third-order valence-electron chi connectivity index (χ3n) is 7.11. The highest BCUT2D eigenvalue weighted by Gasteiger charge is 2.40. The molecule has 0 radical (unpaired) electrons. The van der Waals surface area contributed by atoms with Crippen molar-refractivity contribution in [2.45, 2.75) is 98.7 Å². The highest BCUT2D eigenvalue weighted by atomic mass is 16.5. The fraction of sp³-hybridized carbons (Fsp3) is 0.581. The Morgan fingerprint density at radius 1 is 1.08 bits per heavy atom. The number of nitrogens with zero attached hydrogens (tertiary/aromatic N) is 1. The zero-order valence-corrected chi connectivity index (χ0v) is 23.7. The molecule has 5 heteroatoms. The lowest BCUT2D eigenvalue weighted by atomic mass is 9.85. The van der Waals surface area contributed by atoms with Crippen LogP contribution in [-0.4, -0.2) is 47.8 Å². The van der Waals surface area contributed by atoms with Gasteiger partial charge in [0.05, 0.1) is 13.2 Å². The fourth-order valence-electron chi connectivity index (χ4n) is 4.53. The van der Waals surface area contributed by atoms with Gasteiger partial charge in [0.1, 0.15) is 17.1 Å². The van der Waals surface area contributed by atoms with Crippen molar-refractivity contribution >= 4 is 5.91 Å². The number of fused-ring (bicyclic) bond motifs is 1. The van der Waals surface area contributed by atoms with Crippen LogP contribution in [-0.2, 0) is 6.42 Å². The van der Waals surface area contributed by atoms with E-state index in [2.05, 4.69) is 45.9 Å². The first kappa shape index (κ1) is 29.7. The molecule has 2 atom stereocenters. The number of ether oxygens (including phenoxy) is 2. The molecule has 1 aliphatic heterocycles. The molecule has 0 unspecified atom stereocenters. The number of carbonyl (C=O) groups excluding carboxylic acids is 1. The van der Waals surface area contributed by atoms with Gasteiger partial charge in [0.15, 0.2) is 0 Å². The van der Waals surface area contributed by atoms with Gasteiger partial charge in [-0.3, -0.25) is 4.79 Å². The number of amides is 1. The van der Waals surface area contributed by atoms with Crippen LogP contribution in [0.1, 0.15) is 96.5 Å². The van der Waals surface area contributed by atoms with Crippen molar-refractivity contribution < 1.29 is 19.4 Å². The van der Waals surface area contributed by atoms with Crippen LogP contribution < -0.4 is 9.47 Å². The third-order valence-corrected chi connectivity index (χ3v) is 7.11. The standard InChI is InChI=1S/C31H47NO4/c1-9-32(10-2)30(34)25-19-27(35-8)26-21-29(33)31(7,36-28(26)20-25)18-17-24(6)16-12-15-23(5)14-11-13-22(3)4/h13,15,17,19-20,29,33H,9-12,14,16,18,21H2,1-8H3/b23-15+,24-17+/t29-,31+/m1/s1. The van der Waals surface area contributed by atoms with Crippen LogP contribution in [0.2, 0.25) is 0 Å². The van der Waals surface area contributed by atoms with Crippen LogP contribution in [0.3, 0.4) is 0 Å². The normalized spacial score (nSPS) is 19.9. The maximum atomic E-state index is 13.0. The lowest BCUT2D eigenvalue weighted by Gasteiger charge is -2.40. The SMILES string of the molecule is CCN(CC)C(=O)c1cc(OC)c2c(c1)O[C@@](C)(C/C=C(\C)CC/C=C(\C)CCC=C(C)C)[C@H](O)C2. The molecule has 0 saturated heterocycles. The molecule has 36 heavy (non-hydrogen) atoms. The summed E-state index contributed by atoms with van der Waals surface area (Å²) in [4.78, 5) is 14.8. The monoisotopic (exact) mass is 497 g/mol. The maximum absolute atomic E-state index is 13.0. The molecule has 1 N–H and O–H groups in total. The Labute approximate surface area is 218 Å². The molecule has 0 saturated carbocycles. The molecule has 5 nitrogen and oxygen atoms in total. The van der Waals surface area contributed by atoms with E-state index in [1.54, 1.807) is 18.1 Å². The lowest BCUT2D eigenvalue weighted by Crippen LogP contribution is -2.48. The van der Waals surface area contributed by atoms with Crippen molar-refractivity contribution in [3.63, 3.8) is 0 Å². The molecule has 1 aromatic carbocycles. The maximum Gasteiger partial charge on any atom is 0.254 e. The summed E-state index contributed by atoms with van der Waals surface area (Å²) in [6.45, 7) is 15.8. The van der Waals surface area contributed by atoms with Gasteiger partial charge in [0, 0.05) is 37.1 Å². The van der Waals surface area contributed by atoms with Crippen molar-refractivity contribution in [1.29, 1.82) is 0 Å². The molecule has 1 aromatic rings. The smallest absolute Gasteiger partial charge is 0.254 e. The zero-order valence-electron chi connectivity index (χ0n) is 23.7. The van der Waals surface area contributed by atoms with Crippen LogP contribution in [0.4, 0.5) is 0 Å². The van der Waals surface area contributed by atoms with Crippen molar-refractivity contribution in [2.75, 3.05) is 20.2 Å². The van der Waals surface area contributed by atoms with Gasteiger partial charge in [-0.25, -0.2) is 0 Å². The first-order valence-electron chi connectivity index (χ1n) is 13.4. The zero-order chi connectivity index (χ0) is 26.9. The second-order valence-electron chi connectivity index (χ2n) is 10.4. The number of carbonyl (C=O) groups is 1. The summed E-state index contributed by atoms with van der Waals surface area (Å²) in [5.41, 5.74) is 4.68. The van der Waals surface area contributed by atoms with Crippen LogP contribution in [0, 0.1) is 0 Å². The summed E-state index contributed by atoms with van der Waals surface area (Å²) < 4.78 is 12.0. The largest absolute Gasteiger partial charge is 0.496 e. The predicted molar refractivity (Wildman–Crippen MR) is 149 cm³/mol. The van der Waals surface area contributed by atoms with Crippen LogP contribution in [0.25, 0.3) is 0 Å². The van der Waals surface area contributed by atoms with Crippen molar-refractivity contribution in [3.05, 3.63) is 58.2 Å². The summed E-state index contributed by atoms with van der Waals surface area (Å²) in [7, 11) is 1.59. The molecule has 1 aliphatic rings. The molecule has 1 amide bonds. The number of aliphatic hydroxyl groups excluding tert-OH is 1. The molecular weight excluding hydrogens is 450 g/mol. The highest BCUT2D eigenvalue weighted by Crippen LogP contribution is 2.41. The van der Waals surface area contributed by atoms with Crippen molar-refractivity contribution in [1.82, 2.24) is 4.90 Å².